The Kier molecular flexibility index (Phi) is 2.52. The van der Waals surface area contributed by atoms with Crippen LogP contribution in [0.25, 0.3) is 0 Å². The van der Waals surface area contributed by atoms with Gasteiger partial charge in [0.05, 0.1) is 11.6 Å². The number of carbonyl (C=O) groups excluding carboxylic acids is 1. The van der Waals surface area contributed by atoms with Crippen LogP contribution in [0, 0.1) is 12.8 Å². The number of ether oxygens (including phenoxy) is 1. The summed E-state index contributed by atoms with van der Waals surface area (Å²) in [4.78, 5) is 11.7. The van der Waals surface area contributed by atoms with Gasteiger partial charge in [0.25, 0.3) is 0 Å². The molecular weight excluding hydrogens is 206 g/mol. The zero-order valence-corrected chi connectivity index (χ0v) is 10.1. The highest BCUT2D eigenvalue weighted by Gasteiger charge is 2.47. The minimum absolute atomic E-state index is 0.0382. The van der Waals surface area contributed by atoms with Crippen molar-refractivity contribution >= 4 is 5.97 Å². The number of hydrogen-bond acceptors (Lipinski definition) is 4. The smallest absolute Gasteiger partial charge is 0.310 e. The quantitative estimate of drug-likeness (QED) is 0.722. The second-order valence-electron chi connectivity index (χ2n) is 5.34. The molecule has 0 N–H and O–H groups in total. The summed E-state index contributed by atoms with van der Waals surface area (Å²) in [6.45, 7) is 7.48. The molecule has 1 aliphatic carbocycles. The van der Waals surface area contributed by atoms with E-state index in [4.69, 9.17) is 9.26 Å². The third kappa shape index (κ3) is 2.43. The van der Waals surface area contributed by atoms with E-state index < -0.39 is 5.60 Å². The second kappa shape index (κ2) is 3.61. The molecule has 1 aliphatic rings. The van der Waals surface area contributed by atoms with Crippen LogP contribution in [0.4, 0.5) is 0 Å². The van der Waals surface area contributed by atoms with Crippen molar-refractivity contribution in [2.45, 2.75) is 45.6 Å². The van der Waals surface area contributed by atoms with Crippen molar-refractivity contribution in [1.29, 1.82) is 0 Å². The summed E-state index contributed by atoms with van der Waals surface area (Å²) in [5.74, 6) is 0.805. The molecule has 2 rings (SSSR count). The van der Waals surface area contributed by atoms with Crippen LogP contribution in [-0.4, -0.2) is 16.7 Å². The molecule has 0 spiro atoms. The van der Waals surface area contributed by atoms with Crippen LogP contribution >= 0.6 is 0 Å². The highest BCUT2D eigenvalue weighted by Crippen LogP contribution is 2.48. The van der Waals surface area contributed by atoms with Gasteiger partial charge in [-0.3, -0.25) is 4.79 Å². The number of nitrogens with zero attached hydrogens (tertiary/aromatic N) is 1. The minimum atomic E-state index is -0.413. The molecule has 1 aromatic heterocycles. The fraction of sp³-hybridized carbons (Fsp3) is 0.667. The van der Waals surface area contributed by atoms with E-state index in [0.29, 0.717) is 0 Å². The third-order valence-corrected chi connectivity index (χ3v) is 2.53. The number of aryl methyl sites for hydroxylation is 1. The molecule has 0 aromatic carbocycles. The Morgan fingerprint density at radius 2 is 2.25 bits per heavy atom. The first kappa shape index (κ1) is 11.2. The molecule has 0 radical (unpaired) electrons. The van der Waals surface area contributed by atoms with Gasteiger partial charge in [-0.05, 0) is 34.1 Å². The van der Waals surface area contributed by atoms with Crippen molar-refractivity contribution in [1.82, 2.24) is 5.16 Å². The van der Waals surface area contributed by atoms with Gasteiger partial charge < -0.3 is 9.26 Å². The fourth-order valence-corrected chi connectivity index (χ4v) is 1.72. The van der Waals surface area contributed by atoms with E-state index in [9.17, 15) is 4.79 Å². The zero-order chi connectivity index (χ0) is 11.9. The van der Waals surface area contributed by atoms with E-state index in [1.165, 1.54) is 0 Å². The highest BCUT2D eigenvalue weighted by atomic mass is 16.6. The Labute approximate surface area is 95.0 Å². The number of carbonyl (C=O) groups is 1. The van der Waals surface area contributed by atoms with Gasteiger partial charge in [-0.2, -0.15) is 0 Å². The molecule has 1 fully saturated rings. The van der Waals surface area contributed by atoms with Crippen LogP contribution in [0.1, 0.15) is 44.6 Å². The van der Waals surface area contributed by atoms with Crippen LogP contribution in [0.15, 0.2) is 10.6 Å². The lowest BCUT2D eigenvalue weighted by atomic mass is 10.2. The van der Waals surface area contributed by atoms with Crippen LogP contribution in [0.3, 0.4) is 0 Å². The molecule has 1 saturated carbocycles. The first-order valence-electron chi connectivity index (χ1n) is 5.53. The molecule has 4 nitrogen and oxygen atoms in total. The van der Waals surface area contributed by atoms with E-state index >= 15 is 0 Å². The summed E-state index contributed by atoms with van der Waals surface area (Å²) in [5, 5.41) is 3.92. The van der Waals surface area contributed by atoms with E-state index in [0.717, 1.165) is 17.9 Å². The SMILES string of the molecule is Cc1cc(C2CC2C(=O)OC(C)(C)C)no1. The van der Waals surface area contributed by atoms with Gasteiger partial charge in [0, 0.05) is 12.0 Å². The Bertz CT molecular complexity index is 403. The molecule has 2 atom stereocenters. The predicted octanol–water partition coefficient (Wildman–Crippen LogP) is 2.43. The molecule has 4 heteroatoms. The Balaban J connectivity index is 1.94. The lowest BCUT2D eigenvalue weighted by Gasteiger charge is -2.19. The summed E-state index contributed by atoms with van der Waals surface area (Å²) in [6.07, 6.45) is 0.820. The standard InChI is InChI=1S/C12H17NO3/c1-7-5-10(13-16-7)8-6-9(8)11(14)15-12(2,3)4/h5,8-9H,6H2,1-4H3. The number of rotatable bonds is 2. The van der Waals surface area contributed by atoms with Crippen LogP contribution in [0.2, 0.25) is 0 Å². The normalized spacial score (nSPS) is 24.2. The lowest BCUT2D eigenvalue weighted by molar-refractivity contribution is -0.156. The maximum absolute atomic E-state index is 11.7. The average Bonchev–Trinajstić information content (AvgIpc) is 2.81. The van der Waals surface area contributed by atoms with E-state index in [1.807, 2.05) is 33.8 Å². The largest absolute Gasteiger partial charge is 0.460 e. The second-order valence-corrected chi connectivity index (χ2v) is 5.34. The van der Waals surface area contributed by atoms with Gasteiger partial charge in [0.2, 0.25) is 0 Å². The van der Waals surface area contributed by atoms with Crippen LogP contribution < -0.4 is 0 Å². The van der Waals surface area contributed by atoms with Gasteiger partial charge in [-0.15, -0.1) is 0 Å². The van der Waals surface area contributed by atoms with E-state index in [1.54, 1.807) is 0 Å². The predicted molar refractivity (Wildman–Crippen MR) is 57.9 cm³/mol. The van der Waals surface area contributed by atoms with Gasteiger partial charge in [0.15, 0.2) is 0 Å². The van der Waals surface area contributed by atoms with Gasteiger partial charge >= 0.3 is 5.97 Å². The summed E-state index contributed by atoms with van der Waals surface area (Å²) < 4.78 is 10.3. The maximum Gasteiger partial charge on any atom is 0.310 e. The zero-order valence-electron chi connectivity index (χ0n) is 10.1. The summed E-state index contributed by atoms with van der Waals surface area (Å²) >= 11 is 0. The number of hydrogen-bond donors (Lipinski definition) is 0. The number of aromatic nitrogens is 1. The average molecular weight is 223 g/mol. The molecule has 88 valence electrons. The molecular formula is C12H17NO3. The molecule has 0 bridgehead atoms. The third-order valence-electron chi connectivity index (χ3n) is 2.53. The van der Waals surface area contributed by atoms with Crippen molar-refractivity contribution in [2.24, 2.45) is 5.92 Å². The van der Waals surface area contributed by atoms with E-state index in [-0.39, 0.29) is 17.8 Å². The monoisotopic (exact) mass is 223 g/mol. The molecule has 0 amide bonds. The van der Waals surface area contributed by atoms with Crippen LogP contribution in [0.5, 0.6) is 0 Å². The molecule has 0 saturated heterocycles. The van der Waals surface area contributed by atoms with Gasteiger partial charge in [-0.25, -0.2) is 0 Å². The topological polar surface area (TPSA) is 52.3 Å². The van der Waals surface area contributed by atoms with Crippen LogP contribution in [-0.2, 0) is 9.53 Å². The first-order chi connectivity index (χ1) is 7.37. The van der Waals surface area contributed by atoms with Crippen molar-refractivity contribution in [3.8, 4) is 0 Å². The Hall–Kier alpha value is -1.32. The van der Waals surface area contributed by atoms with Crippen molar-refractivity contribution in [2.75, 3.05) is 0 Å². The Morgan fingerprint density at radius 3 is 2.75 bits per heavy atom. The molecule has 2 unspecified atom stereocenters. The lowest BCUT2D eigenvalue weighted by Crippen LogP contribution is -2.25. The number of esters is 1. The molecule has 16 heavy (non-hydrogen) atoms. The highest BCUT2D eigenvalue weighted by molar-refractivity contribution is 5.77. The van der Waals surface area contributed by atoms with Gasteiger partial charge in [-0.1, -0.05) is 5.16 Å². The van der Waals surface area contributed by atoms with Crippen molar-refractivity contribution in [3.63, 3.8) is 0 Å². The first-order valence-corrected chi connectivity index (χ1v) is 5.53. The summed E-state index contributed by atoms with van der Waals surface area (Å²) in [6, 6.07) is 1.88. The summed E-state index contributed by atoms with van der Waals surface area (Å²) in [7, 11) is 0. The summed E-state index contributed by atoms with van der Waals surface area (Å²) in [5.41, 5.74) is 0.456. The maximum atomic E-state index is 11.7. The molecule has 0 aliphatic heterocycles. The molecule has 1 heterocycles. The fourth-order valence-electron chi connectivity index (χ4n) is 1.72. The van der Waals surface area contributed by atoms with Gasteiger partial charge in [0.1, 0.15) is 11.4 Å². The molecule has 1 aromatic rings. The Morgan fingerprint density at radius 1 is 1.56 bits per heavy atom. The van der Waals surface area contributed by atoms with E-state index in [2.05, 4.69) is 5.16 Å². The van der Waals surface area contributed by atoms with Crippen molar-refractivity contribution < 1.29 is 14.1 Å². The minimum Gasteiger partial charge on any atom is -0.460 e. The van der Waals surface area contributed by atoms with Crippen molar-refractivity contribution in [3.05, 3.63) is 17.5 Å².